The van der Waals surface area contributed by atoms with Crippen LogP contribution in [0, 0.1) is 0 Å². The Bertz CT molecular complexity index is 209. The fourth-order valence-electron chi connectivity index (χ4n) is 1.49. The van der Waals surface area contributed by atoms with E-state index in [0.29, 0.717) is 6.42 Å². The Hall–Kier alpha value is -0.830. The first-order valence-corrected chi connectivity index (χ1v) is 4.76. The van der Waals surface area contributed by atoms with Crippen LogP contribution < -0.4 is 11.1 Å². The summed E-state index contributed by atoms with van der Waals surface area (Å²) < 4.78 is 0. The van der Waals surface area contributed by atoms with Crippen molar-refractivity contribution in [1.29, 1.82) is 0 Å². The van der Waals surface area contributed by atoms with Gasteiger partial charge < -0.3 is 11.1 Å². The molecule has 0 aliphatic heterocycles. The zero-order valence-corrected chi connectivity index (χ0v) is 8.18. The summed E-state index contributed by atoms with van der Waals surface area (Å²) in [6.45, 7) is 5.50. The number of nitrogens with two attached hydrogens (primary N) is 1. The monoisotopic (exact) mass is 182 g/mol. The Labute approximate surface area is 79.4 Å². The molecule has 0 bridgehead atoms. The molecule has 1 fully saturated rings. The Morgan fingerprint density at radius 1 is 1.77 bits per heavy atom. The van der Waals surface area contributed by atoms with E-state index in [1.165, 1.54) is 0 Å². The van der Waals surface area contributed by atoms with Crippen LogP contribution in [-0.2, 0) is 4.79 Å². The van der Waals surface area contributed by atoms with Gasteiger partial charge in [-0.2, -0.15) is 0 Å². The second kappa shape index (κ2) is 3.92. The van der Waals surface area contributed by atoms with Crippen LogP contribution in [-0.4, -0.2) is 17.5 Å². The average Bonchev–Trinajstić information content (AvgIpc) is 2.01. The van der Waals surface area contributed by atoms with Crippen LogP contribution in [0.3, 0.4) is 0 Å². The number of hydrogen-bond donors (Lipinski definition) is 2. The van der Waals surface area contributed by atoms with Gasteiger partial charge in [-0.3, -0.25) is 4.79 Å². The number of amides is 1. The van der Waals surface area contributed by atoms with Gasteiger partial charge in [-0.15, -0.1) is 6.58 Å². The molecule has 1 unspecified atom stereocenters. The van der Waals surface area contributed by atoms with E-state index in [9.17, 15) is 4.79 Å². The third-order valence-electron chi connectivity index (χ3n) is 2.60. The molecule has 1 atom stereocenters. The highest BCUT2D eigenvalue weighted by Gasteiger charge is 2.34. The van der Waals surface area contributed by atoms with Crippen LogP contribution in [0.5, 0.6) is 0 Å². The van der Waals surface area contributed by atoms with E-state index in [1.807, 2.05) is 6.92 Å². The molecule has 1 aliphatic rings. The summed E-state index contributed by atoms with van der Waals surface area (Å²) in [4.78, 5) is 11.4. The van der Waals surface area contributed by atoms with Gasteiger partial charge in [-0.25, -0.2) is 0 Å². The molecule has 1 rings (SSSR count). The van der Waals surface area contributed by atoms with Gasteiger partial charge >= 0.3 is 0 Å². The summed E-state index contributed by atoms with van der Waals surface area (Å²) in [7, 11) is 0. The van der Waals surface area contributed by atoms with Crippen molar-refractivity contribution in [2.45, 2.75) is 44.2 Å². The fraction of sp³-hybridized carbons (Fsp3) is 0.700. The molecule has 0 aromatic rings. The molecule has 1 saturated carbocycles. The number of carbonyl (C=O) groups excluding carboxylic acids is 1. The molecule has 0 aromatic carbocycles. The molecule has 0 spiro atoms. The third kappa shape index (κ3) is 2.84. The Morgan fingerprint density at radius 3 is 2.77 bits per heavy atom. The Morgan fingerprint density at radius 2 is 2.38 bits per heavy atom. The first-order valence-electron chi connectivity index (χ1n) is 4.76. The largest absolute Gasteiger partial charge is 0.350 e. The van der Waals surface area contributed by atoms with Crippen molar-refractivity contribution in [3.63, 3.8) is 0 Å². The second-order valence-electron chi connectivity index (χ2n) is 3.98. The minimum Gasteiger partial charge on any atom is -0.350 e. The standard InChI is InChI=1S/C10H18N2O/c1-3-8(2)12-9(13)7-10(11)5-4-6-10/h3,8H,1,4-7,11H2,2H3,(H,12,13). The zero-order chi connectivity index (χ0) is 9.90. The Balaban J connectivity index is 2.28. The van der Waals surface area contributed by atoms with Gasteiger partial charge in [-0.1, -0.05) is 6.08 Å². The van der Waals surface area contributed by atoms with Gasteiger partial charge in [0.05, 0.1) is 0 Å². The molecule has 1 amide bonds. The van der Waals surface area contributed by atoms with Gasteiger partial charge in [0.2, 0.25) is 5.91 Å². The first kappa shape index (κ1) is 10.3. The SMILES string of the molecule is C=CC(C)NC(=O)CC1(N)CCC1. The minimum atomic E-state index is -0.217. The van der Waals surface area contributed by atoms with E-state index >= 15 is 0 Å². The predicted octanol–water partition coefficient (Wildman–Crippen LogP) is 0.949. The van der Waals surface area contributed by atoms with E-state index in [2.05, 4.69) is 11.9 Å². The maximum absolute atomic E-state index is 11.4. The van der Waals surface area contributed by atoms with E-state index < -0.39 is 0 Å². The number of carbonyl (C=O) groups is 1. The quantitative estimate of drug-likeness (QED) is 0.636. The highest BCUT2D eigenvalue weighted by Crippen LogP contribution is 2.31. The average molecular weight is 182 g/mol. The highest BCUT2D eigenvalue weighted by atomic mass is 16.1. The van der Waals surface area contributed by atoms with Crippen LogP contribution in [0.25, 0.3) is 0 Å². The highest BCUT2D eigenvalue weighted by molar-refractivity contribution is 5.77. The van der Waals surface area contributed by atoms with Gasteiger partial charge in [0.15, 0.2) is 0 Å². The molecule has 74 valence electrons. The van der Waals surface area contributed by atoms with Crippen LogP contribution >= 0.6 is 0 Å². The molecule has 0 heterocycles. The second-order valence-corrected chi connectivity index (χ2v) is 3.98. The third-order valence-corrected chi connectivity index (χ3v) is 2.60. The fourth-order valence-corrected chi connectivity index (χ4v) is 1.49. The smallest absolute Gasteiger partial charge is 0.222 e. The molecule has 1 aliphatic carbocycles. The van der Waals surface area contributed by atoms with E-state index in [4.69, 9.17) is 5.73 Å². The zero-order valence-electron chi connectivity index (χ0n) is 8.18. The van der Waals surface area contributed by atoms with E-state index in [1.54, 1.807) is 6.08 Å². The minimum absolute atomic E-state index is 0.0367. The molecule has 3 nitrogen and oxygen atoms in total. The Kier molecular flexibility index (Phi) is 3.09. The molecular formula is C10H18N2O. The van der Waals surface area contributed by atoms with Crippen molar-refractivity contribution in [3.8, 4) is 0 Å². The molecular weight excluding hydrogens is 164 g/mol. The summed E-state index contributed by atoms with van der Waals surface area (Å²) in [6.07, 6.45) is 5.26. The van der Waals surface area contributed by atoms with Crippen LogP contribution in [0.1, 0.15) is 32.6 Å². The molecule has 3 N–H and O–H groups in total. The summed E-state index contributed by atoms with van der Waals surface area (Å²) in [5.74, 6) is 0.0367. The molecule has 0 radical (unpaired) electrons. The van der Waals surface area contributed by atoms with E-state index in [-0.39, 0.29) is 17.5 Å². The molecule has 0 saturated heterocycles. The van der Waals surface area contributed by atoms with Crippen LogP contribution in [0.4, 0.5) is 0 Å². The van der Waals surface area contributed by atoms with Gasteiger partial charge in [0, 0.05) is 18.0 Å². The van der Waals surface area contributed by atoms with Crippen molar-refractivity contribution < 1.29 is 4.79 Å². The van der Waals surface area contributed by atoms with Crippen molar-refractivity contribution >= 4 is 5.91 Å². The van der Waals surface area contributed by atoms with Gasteiger partial charge in [0.1, 0.15) is 0 Å². The topological polar surface area (TPSA) is 55.1 Å². The molecule has 3 heteroatoms. The lowest BCUT2D eigenvalue weighted by Crippen LogP contribution is -2.50. The molecule has 13 heavy (non-hydrogen) atoms. The normalized spacial score (nSPS) is 21.4. The summed E-state index contributed by atoms with van der Waals surface area (Å²) >= 11 is 0. The predicted molar refractivity (Wildman–Crippen MR) is 53.2 cm³/mol. The summed E-state index contributed by atoms with van der Waals surface area (Å²) in [6, 6.07) is 0.0381. The number of hydrogen-bond acceptors (Lipinski definition) is 2. The van der Waals surface area contributed by atoms with Gasteiger partial charge in [0.25, 0.3) is 0 Å². The maximum atomic E-state index is 11.4. The lowest BCUT2D eigenvalue weighted by molar-refractivity contribution is -0.123. The summed E-state index contributed by atoms with van der Waals surface area (Å²) in [5.41, 5.74) is 5.72. The lowest BCUT2D eigenvalue weighted by atomic mass is 9.75. The van der Waals surface area contributed by atoms with E-state index in [0.717, 1.165) is 19.3 Å². The van der Waals surface area contributed by atoms with Crippen molar-refractivity contribution in [2.75, 3.05) is 0 Å². The maximum Gasteiger partial charge on any atom is 0.222 e. The van der Waals surface area contributed by atoms with Crippen LogP contribution in [0.2, 0.25) is 0 Å². The van der Waals surface area contributed by atoms with Crippen LogP contribution in [0.15, 0.2) is 12.7 Å². The molecule has 0 aromatic heterocycles. The number of rotatable bonds is 4. The van der Waals surface area contributed by atoms with Crippen molar-refractivity contribution in [2.24, 2.45) is 5.73 Å². The lowest BCUT2D eigenvalue weighted by Gasteiger charge is -2.37. The summed E-state index contributed by atoms with van der Waals surface area (Å²) in [5, 5.41) is 2.82. The van der Waals surface area contributed by atoms with Crippen molar-refractivity contribution in [1.82, 2.24) is 5.32 Å². The van der Waals surface area contributed by atoms with Gasteiger partial charge in [-0.05, 0) is 26.2 Å². The number of nitrogens with one attached hydrogen (secondary N) is 1. The van der Waals surface area contributed by atoms with Crippen molar-refractivity contribution in [3.05, 3.63) is 12.7 Å². The first-order chi connectivity index (χ1) is 6.06.